The van der Waals surface area contributed by atoms with E-state index in [-0.39, 0.29) is 34.9 Å². The molecule has 0 saturated heterocycles. The van der Waals surface area contributed by atoms with Gasteiger partial charge in [-0.15, -0.1) is 0 Å². The van der Waals surface area contributed by atoms with Gasteiger partial charge in [0.2, 0.25) is 5.88 Å². The molecule has 0 aliphatic heterocycles. The van der Waals surface area contributed by atoms with E-state index in [9.17, 15) is 19.3 Å². The van der Waals surface area contributed by atoms with Gasteiger partial charge in [-0.25, -0.2) is 14.1 Å². The van der Waals surface area contributed by atoms with E-state index in [1.807, 2.05) is 0 Å². The number of nitro groups is 1. The number of amides is 1. The molecule has 2 heterocycles. The molecule has 10 heteroatoms. The summed E-state index contributed by atoms with van der Waals surface area (Å²) in [6, 6.07) is 11.9. The van der Waals surface area contributed by atoms with Crippen molar-refractivity contribution in [1.82, 2.24) is 20.1 Å². The maximum atomic E-state index is 13.1. The van der Waals surface area contributed by atoms with E-state index < -0.39 is 4.92 Å². The average Bonchev–Trinajstić information content (AvgIpc) is 3.60. The molecule has 1 fully saturated rings. The fourth-order valence-corrected chi connectivity index (χ4v) is 3.72. The average molecular weight is 447 g/mol. The Morgan fingerprint density at radius 3 is 2.58 bits per heavy atom. The van der Waals surface area contributed by atoms with E-state index in [2.05, 4.69) is 15.4 Å². The van der Waals surface area contributed by atoms with Crippen LogP contribution in [0.1, 0.15) is 34.8 Å². The highest BCUT2D eigenvalue weighted by Crippen LogP contribution is 2.45. The highest BCUT2D eigenvalue weighted by molar-refractivity contribution is 6.06. The Bertz CT molecular complexity index is 1380. The summed E-state index contributed by atoms with van der Waals surface area (Å²) in [5.41, 5.74) is 1.72. The maximum absolute atomic E-state index is 13.1. The normalized spacial score (nSPS) is 13.2. The standard InChI is InChI=1S/C23H18FN5O4/c1-25-23(30)22-18-10-17(13-2-3-13)20(29(31)32)11-19(18)27-28(22)15-6-9-21(26-12-15)33-16-7-4-14(24)5-8-16/h4-13H,2-3H2,1H3,(H,25,30). The Hall–Kier alpha value is -4.34. The Kier molecular flexibility index (Phi) is 4.97. The van der Waals surface area contributed by atoms with Crippen LogP contribution in [0.3, 0.4) is 0 Å². The van der Waals surface area contributed by atoms with Gasteiger partial charge in [0.15, 0.2) is 0 Å². The summed E-state index contributed by atoms with van der Waals surface area (Å²) >= 11 is 0. The third-order valence-corrected chi connectivity index (χ3v) is 5.48. The quantitative estimate of drug-likeness (QED) is 0.344. The highest BCUT2D eigenvalue weighted by atomic mass is 19.1. The molecule has 0 atom stereocenters. The molecule has 0 unspecified atom stereocenters. The van der Waals surface area contributed by atoms with E-state index >= 15 is 0 Å². The number of ether oxygens (including phenoxy) is 1. The van der Waals surface area contributed by atoms with Gasteiger partial charge in [-0.05, 0) is 55.2 Å². The van der Waals surface area contributed by atoms with Gasteiger partial charge in [0.05, 0.1) is 16.8 Å². The zero-order chi connectivity index (χ0) is 23.1. The molecule has 1 aliphatic rings. The number of aromatic nitrogens is 3. The Morgan fingerprint density at radius 1 is 1.21 bits per heavy atom. The van der Waals surface area contributed by atoms with Crippen molar-refractivity contribution in [3.63, 3.8) is 0 Å². The number of nitro benzene ring substituents is 1. The summed E-state index contributed by atoms with van der Waals surface area (Å²) < 4.78 is 20.1. The molecule has 0 spiro atoms. The molecule has 2 aromatic carbocycles. The smallest absolute Gasteiger partial charge is 0.275 e. The molecule has 0 bridgehead atoms. The molecule has 1 N–H and O–H groups in total. The van der Waals surface area contributed by atoms with Crippen LogP contribution in [-0.2, 0) is 0 Å². The predicted molar refractivity (Wildman–Crippen MR) is 117 cm³/mol. The fourth-order valence-electron chi connectivity index (χ4n) is 3.72. The molecule has 0 radical (unpaired) electrons. The SMILES string of the molecule is CNC(=O)c1c2cc(C3CC3)c([N+](=O)[O-])cc2nn1-c1ccc(Oc2ccc(F)cc2)nc1. The van der Waals surface area contributed by atoms with Crippen LogP contribution in [0.2, 0.25) is 0 Å². The summed E-state index contributed by atoms with van der Waals surface area (Å²) in [6.45, 7) is 0. The van der Waals surface area contributed by atoms with Crippen LogP contribution in [0.25, 0.3) is 16.6 Å². The molecule has 9 nitrogen and oxygen atoms in total. The first-order chi connectivity index (χ1) is 15.9. The molecule has 1 saturated carbocycles. The van der Waals surface area contributed by atoms with Crippen LogP contribution in [0, 0.1) is 15.9 Å². The Morgan fingerprint density at radius 2 is 1.97 bits per heavy atom. The summed E-state index contributed by atoms with van der Waals surface area (Å²) in [5.74, 6) is 0.0749. The van der Waals surface area contributed by atoms with Crippen molar-refractivity contribution < 1.29 is 18.8 Å². The van der Waals surface area contributed by atoms with Crippen LogP contribution >= 0.6 is 0 Å². The Labute approximate surface area is 187 Å². The first-order valence-corrected chi connectivity index (χ1v) is 10.3. The monoisotopic (exact) mass is 447 g/mol. The van der Waals surface area contributed by atoms with Crippen molar-refractivity contribution in [1.29, 1.82) is 0 Å². The van der Waals surface area contributed by atoms with Crippen LogP contribution in [0.5, 0.6) is 11.6 Å². The number of hydrogen-bond acceptors (Lipinski definition) is 6. The van der Waals surface area contributed by atoms with Crippen molar-refractivity contribution in [2.75, 3.05) is 7.05 Å². The summed E-state index contributed by atoms with van der Waals surface area (Å²) in [6.07, 6.45) is 3.25. The van der Waals surface area contributed by atoms with E-state index in [1.165, 1.54) is 48.3 Å². The number of benzene rings is 2. The number of nitrogens with one attached hydrogen (secondary N) is 1. The summed E-state index contributed by atoms with van der Waals surface area (Å²) in [7, 11) is 1.51. The summed E-state index contributed by atoms with van der Waals surface area (Å²) in [5, 5.41) is 19.2. The van der Waals surface area contributed by atoms with E-state index in [0.717, 1.165) is 12.8 Å². The third kappa shape index (κ3) is 3.86. The maximum Gasteiger partial charge on any atom is 0.275 e. The number of rotatable bonds is 6. The molecular weight excluding hydrogens is 429 g/mol. The largest absolute Gasteiger partial charge is 0.439 e. The van der Waals surface area contributed by atoms with Crippen LogP contribution in [0.4, 0.5) is 10.1 Å². The van der Waals surface area contributed by atoms with Gasteiger partial charge in [-0.1, -0.05) is 0 Å². The third-order valence-electron chi connectivity index (χ3n) is 5.48. The molecule has 1 aliphatic carbocycles. The van der Waals surface area contributed by atoms with Crippen LogP contribution in [0.15, 0.2) is 54.7 Å². The van der Waals surface area contributed by atoms with Gasteiger partial charge >= 0.3 is 0 Å². The molecule has 4 aromatic rings. The topological polar surface area (TPSA) is 112 Å². The first kappa shape index (κ1) is 20.6. The van der Waals surface area contributed by atoms with Crippen LogP contribution < -0.4 is 10.1 Å². The molecule has 166 valence electrons. The minimum atomic E-state index is -0.408. The van der Waals surface area contributed by atoms with Crippen molar-refractivity contribution in [2.45, 2.75) is 18.8 Å². The minimum Gasteiger partial charge on any atom is -0.439 e. The van der Waals surface area contributed by atoms with Gasteiger partial charge in [0.1, 0.15) is 22.8 Å². The van der Waals surface area contributed by atoms with Crippen molar-refractivity contribution in [3.05, 3.63) is 81.9 Å². The summed E-state index contributed by atoms with van der Waals surface area (Å²) in [4.78, 5) is 28.2. The highest BCUT2D eigenvalue weighted by Gasteiger charge is 2.33. The number of hydrogen-bond donors (Lipinski definition) is 1. The van der Waals surface area contributed by atoms with E-state index in [1.54, 1.807) is 18.2 Å². The first-order valence-electron chi connectivity index (χ1n) is 10.3. The van der Waals surface area contributed by atoms with Crippen LogP contribution in [-0.4, -0.2) is 32.6 Å². The number of pyridine rings is 1. The lowest BCUT2D eigenvalue weighted by atomic mass is 10.0. The number of carbonyl (C=O) groups excluding carboxylic acids is 1. The predicted octanol–water partition coefficient (Wildman–Crippen LogP) is 4.50. The van der Waals surface area contributed by atoms with Crippen molar-refractivity contribution in [2.24, 2.45) is 0 Å². The second kappa shape index (κ2) is 7.97. The molecule has 2 aromatic heterocycles. The van der Waals surface area contributed by atoms with Gasteiger partial charge in [0, 0.05) is 30.1 Å². The van der Waals surface area contributed by atoms with E-state index in [4.69, 9.17) is 4.74 Å². The lowest BCUT2D eigenvalue weighted by Crippen LogP contribution is -2.22. The number of carbonyl (C=O) groups is 1. The fraction of sp³-hybridized carbons (Fsp3) is 0.174. The number of fused-ring (bicyclic) bond motifs is 1. The van der Waals surface area contributed by atoms with Gasteiger partial charge in [-0.3, -0.25) is 14.9 Å². The molecule has 1 amide bonds. The van der Waals surface area contributed by atoms with Crippen molar-refractivity contribution in [3.8, 4) is 17.3 Å². The molecular formula is C23H18FN5O4. The van der Waals surface area contributed by atoms with Gasteiger partial charge < -0.3 is 10.1 Å². The van der Waals surface area contributed by atoms with Gasteiger partial charge in [-0.2, -0.15) is 5.10 Å². The van der Waals surface area contributed by atoms with Crippen molar-refractivity contribution >= 4 is 22.5 Å². The number of halogens is 1. The lowest BCUT2D eigenvalue weighted by molar-refractivity contribution is -0.385. The zero-order valence-electron chi connectivity index (χ0n) is 17.5. The second-order valence-corrected chi connectivity index (χ2v) is 7.71. The van der Waals surface area contributed by atoms with E-state index in [0.29, 0.717) is 27.9 Å². The molecule has 33 heavy (non-hydrogen) atoms. The molecule has 5 rings (SSSR count). The Balaban J connectivity index is 1.57. The number of nitrogens with zero attached hydrogens (tertiary/aromatic N) is 4. The lowest BCUT2D eigenvalue weighted by Gasteiger charge is -2.08. The van der Waals surface area contributed by atoms with Gasteiger partial charge in [0.25, 0.3) is 11.6 Å². The second-order valence-electron chi connectivity index (χ2n) is 7.71. The zero-order valence-corrected chi connectivity index (χ0v) is 17.5. The minimum absolute atomic E-state index is 0.0132.